The van der Waals surface area contributed by atoms with E-state index in [9.17, 15) is 0 Å². The Morgan fingerprint density at radius 2 is 1.67 bits per heavy atom. The van der Waals surface area contributed by atoms with Gasteiger partial charge in [-0.2, -0.15) is 0 Å². The number of guanidine groups is 1. The van der Waals surface area contributed by atoms with E-state index in [1.54, 1.807) is 7.05 Å². The van der Waals surface area contributed by atoms with Gasteiger partial charge in [0.05, 0.1) is 5.52 Å². The summed E-state index contributed by atoms with van der Waals surface area (Å²) < 4.78 is 0. The summed E-state index contributed by atoms with van der Waals surface area (Å²) in [5.41, 5.74) is 3.18. The van der Waals surface area contributed by atoms with Gasteiger partial charge in [0, 0.05) is 36.7 Å². The average Bonchev–Trinajstić information content (AvgIpc) is 2.63. The Kier molecular flexibility index (Phi) is 5.29. The van der Waals surface area contributed by atoms with Crippen LogP contribution in [0.1, 0.15) is 11.1 Å². The molecule has 0 aliphatic carbocycles. The van der Waals surface area contributed by atoms with Crippen LogP contribution >= 0.6 is 11.6 Å². The molecule has 1 heterocycles. The van der Waals surface area contributed by atoms with Crippen LogP contribution in [0, 0.1) is 0 Å². The van der Waals surface area contributed by atoms with Gasteiger partial charge in [0.15, 0.2) is 5.96 Å². The van der Waals surface area contributed by atoms with Gasteiger partial charge < -0.3 is 10.6 Å². The van der Waals surface area contributed by atoms with Gasteiger partial charge in [-0.05, 0) is 23.3 Å². The number of rotatable bonds is 4. The smallest absolute Gasteiger partial charge is 0.191 e. The van der Waals surface area contributed by atoms with Crippen LogP contribution in [0.25, 0.3) is 10.9 Å². The predicted molar refractivity (Wildman–Crippen MR) is 100 cm³/mol. The Morgan fingerprint density at radius 1 is 0.958 bits per heavy atom. The highest BCUT2D eigenvalue weighted by Crippen LogP contribution is 2.16. The van der Waals surface area contributed by atoms with Gasteiger partial charge in [-0.3, -0.25) is 9.98 Å². The third-order valence-electron chi connectivity index (χ3n) is 3.79. The highest BCUT2D eigenvalue weighted by Gasteiger charge is 2.04. The number of nitrogens with zero attached hydrogens (tertiary/aromatic N) is 2. The molecule has 0 aliphatic rings. The van der Waals surface area contributed by atoms with Gasteiger partial charge in [0.1, 0.15) is 0 Å². The van der Waals surface area contributed by atoms with E-state index in [0.717, 1.165) is 33.0 Å². The normalized spacial score (nSPS) is 11.5. The third kappa shape index (κ3) is 3.84. The fourth-order valence-electron chi connectivity index (χ4n) is 2.53. The molecule has 0 amide bonds. The zero-order valence-corrected chi connectivity index (χ0v) is 14.2. The molecule has 0 aliphatic heterocycles. The van der Waals surface area contributed by atoms with Crippen molar-refractivity contribution in [2.24, 2.45) is 4.99 Å². The maximum absolute atomic E-state index is 6.18. The molecule has 3 aromatic rings. The molecule has 0 atom stereocenters. The van der Waals surface area contributed by atoms with Crippen molar-refractivity contribution >= 4 is 28.5 Å². The summed E-state index contributed by atoms with van der Waals surface area (Å²) >= 11 is 6.18. The molecule has 0 saturated carbocycles. The van der Waals surface area contributed by atoms with Gasteiger partial charge in [-0.25, -0.2) is 0 Å². The van der Waals surface area contributed by atoms with Crippen LogP contribution in [0.3, 0.4) is 0 Å². The quantitative estimate of drug-likeness (QED) is 0.562. The summed E-state index contributed by atoms with van der Waals surface area (Å²) in [6, 6.07) is 18.0. The Balaban J connectivity index is 1.65. The van der Waals surface area contributed by atoms with Crippen LogP contribution in [0.4, 0.5) is 0 Å². The van der Waals surface area contributed by atoms with E-state index in [2.05, 4.69) is 38.8 Å². The first-order valence-corrected chi connectivity index (χ1v) is 8.16. The molecule has 0 spiro atoms. The van der Waals surface area contributed by atoms with Crippen molar-refractivity contribution in [3.63, 3.8) is 0 Å². The molecule has 2 aromatic carbocycles. The molecule has 2 N–H and O–H groups in total. The van der Waals surface area contributed by atoms with Crippen LogP contribution in [0.2, 0.25) is 5.02 Å². The van der Waals surface area contributed by atoms with E-state index >= 15 is 0 Å². The number of halogens is 1. The van der Waals surface area contributed by atoms with E-state index in [1.807, 2.05) is 42.6 Å². The van der Waals surface area contributed by atoms with Gasteiger partial charge in [0.2, 0.25) is 0 Å². The van der Waals surface area contributed by atoms with Crippen molar-refractivity contribution in [3.8, 4) is 0 Å². The van der Waals surface area contributed by atoms with Gasteiger partial charge in [-0.1, -0.05) is 54.1 Å². The first-order valence-electron chi connectivity index (χ1n) is 7.78. The molecule has 0 fully saturated rings. The first kappa shape index (κ1) is 16.3. The van der Waals surface area contributed by atoms with E-state index in [4.69, 9.17) is 11.6 Å². The monoisotopic (exact) mass is 338 g/mol. The fraction of sp³-hybridized carbons (Fsp3) is 0.158. The lowest BCUT2D eigenvalue weighted by Gasteiger charge is -2.13. The zero-order valence-electron chi connectivity index (χ0n) is 13.5. The minimum absolute atomic E-state index is 0.618. The standard InChI is InChI=1S/C19H19ClN4/c1-21-19(23-12-15-6-2-3-10-17(15)20)24-13-16-8-4-7-14-9-5-11-22-18(14)16/h2-11H,12-13H2,1H3,(H2,21,23,24). The van der Waals surface area contributed by atoms with Crippen molar-refractivity contribution in [1.29, 1.82) is 0 Å². The van der Waals surface area contributed by atoms with Crippen LogP contribution in [0.15, 0.2) is 65.8 Å². The second-order valence-corrected chi connectivity index (χ2v) is 5.77. The van der Waals surface area contributed by atoms with E-state index in [1.165, 1.54) is 0 Å². The summed E-state index contributed by atoms with van der Waals surface area (Å²) in [4.78, 5) is 8.73. The summed E-state index contributed by atoms with van der Waals surface area (Å²) in [7, 11) is 1.75. The number of benzene rings is 2. The molecule has 1 aromatic heterocycles. The lowest BCUT2D eigenvalue weighted by Crippen LogP contribution is -2.36. The maximum atomic E-state index is 6.18. The maximum Gasteiger partial charge on any atom is 0.191 e. The summed E-state index contributed by atoms with van der Waals surface area (Å²) in [6.45, 7) is 1.27. The lowest BCUT2D eigenvalue weighted by molar-refractivity contribution is 0.811. The minimum atomic E-state index is 0.618. The number of fused-ring (bicyclic) bond motifs is 1. The molecule has 3 rings (SSSR count). The predicted octanol–water partition coefficient (Wildman–Crippen LogP) is 3.75. The zero-order chi connectivity index (χ0) is 16.8. The fourth-order valence-corrected chi connectivity index (χ4v) is 2.73. The van der Waals surface area contributed by atoms with Crippen LogP contribution in [-0.2, 0) is 13.1 Å². The Labute approximate surface area is 146 Å². The van der Waals surface area contributed by atoms with Crippen molar-refractivity contribution in [1.82, 2.24) is 15.6 Å². The molecule has 0 radical (unpaired) electrons. The second kappa shape index (κ2) is 7.79. The van der Waals surface area contributed by atoms with Crippen molar-refractivity contribution in [2.75, 3.05) is 7.05 Å². The van der Waals surface area contributed by atoms with Gasteiger partial charge >= 0.3 is 0 Å². The third-order valence-corrected chi connectivity index (χ3v) is 4.16. The molecule has 5 heteroatoms. The van der Waals surface area contributed by atoms with Crippen molar-refractivity contribution in [3.05, 3.63) is 76.9 Å². The highest BCUT2D eigenvalue weighted by molar-refractivity contribution is 6.31. The summed E-state index contributed by atoms with van der Waals surface area (Å²) in [5.74, 6) is 0.725. The second-order valence-electron chi connectivity index (χ2n) is 5.36. The number of pyridine rings is 1. The Bertz CT molecular complexity index is 855. The van der Waals surface area contributed by atoms with Crippen LogP contribution in [0.5, 0.6) is 0 Å². The molecule has 0 unspecified atom stereocenters. The topological polar surface area (TPSA) is 49.3 Å². The molecule has 0 bridgehead atoms. The Hall–Kier alpha value is -2.59. The number of hydrogen-bond donors (Lipinski definition) is 2. The summed E-state index contributed by atoms with van der Waals surface area (Å²) in [5, 5.41) is 8.49. The van der Waals surface area contributed by atoms with Crippen molar-refractivity contribution < 1.29 is 0 Å². The SMILES string of the molecule is CN=C(NCc1ccccc1Cl)NCc1cccc2cccnc12. The molecule has 24 heavy (non-hydrogen) atoms. The number of nitrogens with one attached hydrogen (secondary N) is 2. The molecular formula is C19H19ClN4. The lowest BCUT2D eigenvalue weighted by atomic mass is 10.1. The van der Waals surface area contributed by atoms with Gasteiger partial charge in [-0.15, -0.1) is 0 Å². The minimum Gasteiger partial charge on any atom is -0.352 e. The van der Waals surface area contributed by atoms with E-state index < -0.39 is 0 Å². The largest absolute Gasteiger partial charge is 0.352 e. The van der Waals surface area contributed by atoms with Crippen molar-refractivity contribution in [2.45, 2.75) is 13.1 Å². The Morgan fingerprint density at radius 3 is 2.46 bits per heavy atom. The van der Waals surface area contributed by atoms with E-state index in [0.29, 0.717) is 13.1 Å². The molecule has 4 nitrogen and oxygen atoms in total. The molecule has 0 saturated heterocycles. The van der Waals surface area contributed by atoms with Crippen LogP contribution in [-0.4, -0.2) is 18.0 Å². The first-order chi connectivity index (χ1) is 11.8. The number of aromatic nitrogens is 1. The van der Waals surface area contributed by atoms with Gasteiger partial charge in [0.25, 0.3) is 0 Å². The van der Waals surface area contributed by atoms with E-state index in [-0.39, 0.29) is 0 Å². The number of aliphatic imine (C=N–C) groups is 1. The highest BCUT2D eigenvalue weighted by atomic mass is 35.5. The summed E-state index contributed by atoms with van der Waals surface area (Å²) in [6.07, 6.45) is 1.82. The number of para-hydroxylation sites is 1. The van der Waals surface area contributed by atoms with Crippen LogP contribution < -0.4 is 10.6 Å². The average molecular weight is 339 g/mol. The molecular weight excluding hydrogens is 320 g/mol. The molecule has 122 valence electrons. The number of hydrogen-bond acceptors (Lipinski definition) is 2.